The van der Waals surface area contributed by atoms with Crippen molar-refractivity contribution in [1.29, 1.82) is 0 Å². The number of hydrogen-bond donors (Lipinski definition) is 2. The maximum Gasteiger partial charge on any atom is 0.134 e. The van der Waals surface area contributed by atoms with Gasteiger partial charge in [0.05, 0.1) is 19.2 Å². The Hall–Kier alpha value is -1.58. The molecule has 0 bridgehead atoms. The van der Waals surface area contributed by atoms with Crippen LogP contribution < -0.4 is 39.9 Å². The lowest BCUT2D eigenvalue weighted by molar-refractivity contribution is -0.00000481. The summed E-state index contributed by atoms with van der Waals surface area (Å²) in [6.07, 6.45) is 1.95. The molecule has 25 heavy (non-hydrogen) atoms. The molecule has 2 N–H and O–H groups in total. The fourth-order valence-electron chi connectivity index (χ4n) is 2.67. The molecule has 0 aliphatic rings. The van der Waals surface area contributed by atoms with Crippen LogP contribution in [0.25, 0.3) is 0 Å². The molecule has 0 aliphatic carbocycles. The van der Waals surface area contributed by atoms with Crippen molar-refractivity contribution in [3.05, 3.63) is 91.0 Å². The van der Waals surface area contributed by atoms with Crippen molar-refractivity contribution in [2.45, 2.75) is 0 Å². The van der Waals surface area contributed by atoms with Crippen LogP contribution in [0, 0.1) is 0 Å². The van der Waals surface area contributed by atoms with Crippen LogP contribution in [0.2, 0.25) is 0 Å². The zero-order valence-electron chi connectivity index (χ0n) is 14.4. The van der Waals surface area contributed by atoms with Gasteiger partial charge in [0.1, 0.15) is 12.6 Å². The van der Waals surface area contributed by atoms with Gasteiger partial charge in [-0.15, -0.1) is 0 Å². The van der Waals surface area contributed by atoms with E-state index in [0.29, 0.717) is 0 Å². The van der Waals surface area contributed by atoms with E-state index in [9.17, 15) is 0 Å². The second-order valence-corrected chi connectivity index (χ2v) is 10.1. The van der Waals surface area contributed by atoms with Gasteiger partial charge in [0.2, 0.25) is 0 Å². The molecule has 4 heteroatoms. The maximum absolute atomic E-state index is 3.63. The smallest absolute Gasteiger partial charge is 0.134 e. The summed E-state index contributed by atoms with van der Waals surface area (Å²) in [5, 5.41) is 8.70. The van der Waals surface area contributed by atoms with Gasteiger partial charge in [-0.1, -0.05) is 54.6 Å². The molecule has 130 valence electrons. The third-order valence-electron chi connectivity index (χ3n) is 4.19. The van der Waals surface area contributed by atoms with Crippen molar-refractivity contribution in [3.8, 4) is 0 Å². The Morgan fingerprint density at radius 3 is 1.36 bits per heavy atom. The summed E-state index contributed by atoms with van der Waals surface area (Å²) in [6.45, 7) is 2.41. The number of anilines is 2. The minimum absolute atomic E-state index is 0. The number of para-hydroxylation sites is 2. The van der Waals surface area contributed by atoms with E-state index in [1.54, 1.807) is 0 Å². The largest absolute Gasteiger partial charge is 1.00 e. The van der Waals surface area contributed by atoms with E-state index in [4.69, 9.17) is 0 Å². The van der Waals surface area contributed by atoms with Crippen molar-refractivity contribution in [2.75, 3.05) is 29.9 Å². The van der Waals surface area contributed by atoms with Crippen molar-refractivity contribution in [1.82, 2.24) is 0 Å². The van der Waals surface area contributed by atoms with Crippen LogP contribution in [0.15, 0.2) is 91.0 Å². The summed E-state index contributed by atoms with van der Waals surface area (Å²) >= 11 is 0. The van der Waals surface area contributed by atoms with Gasteiger partial charge in [0.15, 0.2) is 0 Å². The van der Waals surface area contributed by atoms with Crippen LogP contribution in [-0.4, -0.2) is 19.2 Å². The molecule has 0 aromatic heterocycles. The third-order valence-corrected chi connectivity index (χ3v) is 7.45. The monoisotopic (exact) mass is 462 g/mol. The van der Waals surface area contributed by atoms with Crippen molar-refractivity contribution < 1.29 is 24.0 Å². The Kier molecular flexibility index (Phi) is 7.73. The molecule has 3 rings (SSSR count). The molecule has 0 spiro atoms. The minimum Gasteiger partial charge on any atom is -1.00 e. The van der Waals surface area contributed by atoms with Crippen molar-refractivity contribution in [2.24, 2.45) is 0 Å². The first-order chi connectivity index (χ1) is 11.8. The molecule has 0 aliphatic heterocycles. The molecule has 2 nitrogen and oxygen atoms in total. The lowest BCUT2D eigenvalue weighted by atomic mass is 10.3. The summed E-state index contributed by atoms with van der Waals surface area (Å²) in [6, 6.07) is 31.8. The SMILES string of the molecule is C[P+](CNc1ccccc1)(CNc1ccccc1)c1ccccc1.[I-]. The van der Waals surface area contributed by atoms with E-state index in [1.807, 2.05) is 12.1 Å². The summed E-state index contributed by atoms with van der Waals surface area (Å²) in [5.41, 5.74) is 2.36. The molecule has 0 amide bonds. The van der Waals surface area contributed by atoms with Crippen LogP contribution in [0.1, 0.15) is 0 Å². The Balaban J connectivity index is 0.00000225. The molecule has 3 aromatic carbocycles. The van der Waals surface area contributed by atoms with Gasteiger partial charge in [-0.3, -0.25) is 0 Å². The highest BCUT2D eigenvalue weighted by molar-refractivity contribution is 7.82. The first-order valence-corrected chi connectivity index (χ1v) is 10.8. The molecule has 0 saturated carbocycles. The number of rotatable bonds is 7. The Morgan fingerprint density at radius 1 is 0.600 bits per heavy atom. The fraction of sp³-hybridized carbons (Fsp3) is 0.143. The van der Waals surface area contributed by atoms with E-state index in [-0.39, 0.29) is 24.0 Å². The molecule has 0 atom stereocenters. The summed E-state index contributed by atoms with van der Waals surface area (Å²) in [7, 11) is -1.37. The molecule has 0 unspecified atom stereocenters. The van der Waals surface area contributed by atoms with Gasteiger partial charge in [-0.25, -0.2) is 0 Å². The van der Waals surface area contributed by atoms with Gasteiger partial charge < -0.3 is 34.6 Å². The molecule has 0 fully saturated rings. The highest BCUT2D eigenvalue weighted by Crippen LogP contribution is 2.53. The third kappa shape index (κ3) is 5.72. The standard InChI is InChI=1S/C21H24N2P.HI/c1-24(21-15-9-4-10-16-21,17-22-19-11-5-2-6-12-19)18-23-20-13-7-3-8-14-20;/h2-16,22-23H,17-18H2,1H3;1H/q+1;/p-1. The summed E-state index contributed by atoms with van der Waals surface area (Å²) in [4.78, 5) is 0. The summed E-state index contributed by atoms with van der Waals surface area (Å²) < 4.78 is 0. The van der Waals surface area contributed by atoms with Crippen molar-refractivity contribution in [3.63, 3.8) is 0 Å². The van der Waals surface area contributed by atoms with E-state index < -0.39 is 7.26 Å². The van der Waals surface area contributed by atoms with Gasteiger partial charge in [-0.2, -0.15) is 0 Å². The zero-order chi connectivity index (χ0) is 16.7. The number of benzene rings is 3. The first-order valence-electron chi connectivity index (χ1n) is 8.24. The van der Waals surface area contributed by atoms with Gasteiger partial charge in [0.25, 0.3) is 0 Å². The quantitative estimate of drug-likeness (QED) is 0.416. The predicted octanol–water partition coefficient (Wildman–Crippen LogP) is 2.10. The average molecular weight is 462 g/mol. The summed E-state index contributed by atoms with van der Waals surface area (Å²) in [5.74, 6) is 0. The predicted molar refractivity (Wildman–Crippen MR) is 109 cm³/mol. The van der Waals surface area contributed by atoms with Crippen LogP contribution in [0.3, 0.4) is 0 Å². The minimum atomic E-state index is -1.37. The Labute approximate surface area is 168 Å². The van der Waals surface area contributed by atoms with E-state index in [2.05, 4.69) is 96.2 Å². The Morgan fingerprint density at radius 2 is 0.960 bits per heavy atom. The van der Waals surface area contributed by atoms with Gasteiger partial charge in [-0.05, 0) is 36.4 Å². The average Bonchev–Trinajstić information content (AvgIpc) is 2.67. The molecular formula is C21H24IN2P. The normalized spacial score (nSPS) is 10.6. The molecular weight excluding hydrogens is 438 g/mol. The second-order valence-electron chi connectivity index (χ2n) is 6.13. The van der Waals surface area contributed by atoms with Crippen LogP contribution in [-0.2, 0) is 0 Å². The number of hydrogen-bond acceptors (Lipinski definition) is 2. The van der Waals surface area contributed by atoms with E-state index in [1.165, 1.54) is 16.7 Å². The van der Waals surface area contributed by atoms with E-state index >= 15 is 0 Å². The maximum atomic E-state index is 3.63. The van der Waals surface area contributed by atoms with Crippen LogP contribution in [0.4, 0.5) is 11.4 Å². The van der Waals surface area contributed by atoms with E-state index in [0.717, 1.165) is 12.6 Å². The molecule has 0 radical (unpaired) electrons. The molecule has 0 saturated heterocycles. The highest BCUT2D eigenvalue weighted by atomic mass is 127. The Bertz CT molecular complexity index is 692. The van der Waals surface area contributed by atoms with Gasteiger partial charge >= 0.3 is 0 Å². The zero-order valence-corrected chi connectivity index (χ0v) is 17.5. The van der Waals surface area contributed by atoms with Gasteiger partial charge in [0, 0.05) is 11.4 Å². The lowest BCUT2D eigenvalue weighted by Gasteiger charge is -2.24. The highest BCUT2D eigenvalue weighted by Gasteiger charge is 2.34. The number of halogens is 1. The van der Waals surface area contributed by atoms with Crippen LogP contribution >= 0.6 is 7.26 Å². The molecule has 0 heterocycles. The van der Waals surface area contributed by atoms with Crippen molar-refractivity contribution >= 4 is 23.9 Å². The van der Waals surface area contributed by atoms with Crippen LogP contribution in [0.5, 0.6) is 0 Å². The molecule has 3 aromatic rings. The topological polar surface area (TPSA) is 24.1 Å². The second kappa shape index (κ2) is 9.79. The lowest BCUT2D eigenvalue weighted by Crippen LogP contribution is -3.00. The fourth-order valence-corrected chi connectivity index (χ4v) is 5.10. The first kappa shape index (κ1) is 19.7. The number of nitrogens with one attached hydrogen (secondary N) is 2.